The standard InChI is InChI=1S/C21H21NO7.2C2H4/c23-19-17-6-1-2-7-18(17)20(24)22(19)12-4-3-5-16-13-26-21(27-16)14-8-10-15(11-9-14)28-29-25;2*1-2/h1-2,6-11,16,21,25H,3-5,12-13H2;2*1-2H2. The summed E-state index contributed by atoms with van der Waals surface area (Å²) < 4.78 is 11.6. The van der Waals surface area contributed by atoms with E-state index < -0.39 is 6.29 Å². The number of unbranched alkanes of at least 4 members (excludes halogenated alkanes) is 1. The van der Waals surface area contributed by atoms with Crippen molar-refractivity contribution in [2.45, 2.75) is 31.7 Å². The Morgan fingerprint density at radius 2 is 1.55 bits per heavy atom. The van der Waals surface area contributed by atoms with Crippen molar-refractivity contribution in [2.24, 2.45) is 0 Å². The number of benzene rings is 2. The highest BCUT2D eigenvalue weighted by Crippen LogP contribution is 2.30. The van der Waals surface area contributed by atoms with Gasteiger partial charge in [-0.05, 0) is 48.6 Å². The Labute approximate surface area is 193 Å². The average Bonchev–Trinajstić information content (AvgIpc) is 3.44. The summed E-state index contributed by atoms with van der Waals surface area (Å²) >= 11 is 0. The van der Waals surface area contributed by atoms with Gasteiger partial charge in [0.15, 0.2) is 12.0 Å². The highest BCUT2D eigenvalue weighted by molar-refractivity contribution is 6.21. The topological polar surface area (TPSA) is 94.5 Å². The van der Waals surface area contributed by atoms with E-state index in [9.17, 15) is 9.59 Å². The third-order valence-electron chi connectivity index (χ3n) is 5.07. The molecule has 8 nitrogen and oxygen atoms in total. The van der Waals surface area contributed by atoms with Gasteiger partial charge >= 0.3 is 0 Å². The lowest BCUT2D eigenvalue weighted by molar-refractivity contribution is -0.438. The maximum Gasteiger partial charge on any atom is 0.261 e. The minimum Gasteiger partial charge on any atom is -0.346 e. The molecule has 0 spiro atoms. The van der Waals surface area contributed by atoms with E-state index in [-0.39, 0.29) is 17.9 Å². The van der Waals surface area contributed by atoms with Crippen LogP contribution in [0.1, 0.15) is 51.8 Å². The van der Waals surface area contributed by atoms with Crippen molar-refractivity contribution in [1.82, 2.24) is 4.90 Å². The molecule has 1 N–H and O–H groups in total. The molecule has 2 aromatic rings. The first-order chi connectivity index (χ1) is 16.2. The molecule has 2 heterocycles. The van der Waals surface area contributed by atoms with Crippen LogP contribution in [0.2, 0.25) is 0 Å². The molecular formula is C25H29NO7. The summed E-state index contributed by atoms with van der Waals surface area (Å²) in [5, 5.41) is 11.9. The highest BCUT2D eigenvalue weighted by atomic mass is 17.5. The van der Waals surface area contributed by atoms with Crippen LogP contribution in [0, 0.1) is 0 Å². The molecule has 176 valence electrons. The van der Waals surface area contributed by atoms with E-state index in [4.69, 9.17) is 14.7 Å². The van der Waals surface area contributed by atoms with Crippen LogP contribution in [0.3, 0.4) is 0 Å². The zero-order valence-corrected chi connectivity index (χ0v) is 18.5. The normalized spacial score (nSPS) is 18.6. The second-order valence-electron chi connectivity index (χ2n) is 6.95. The molecule has 0 aromatic heterocycles. The SMILES string of the molecule is C=C.C=C.O=C1c2ccccc2C(=O)N1CCCCC1COC(c2ccc(OOO)cc2)O1. The van der Waals surface area contributed by atoms with Gasteiger partial charge in [0.25, 0.3) is 11.8 Å². The Kier molecular flexibility index (Phi) is 10.5. The van der Waals surface area contributed by atoms with Crippen LogP contribution in [0.5, 0.6) is 5.75 Å². The molecule has 2 aliphatic rings. The van der Waals surface area contributed by atoms with Gasteiger partial charge in [0.1, 0.15) is 0 Å². The van der Waals surface area contributed by atoms with E-state index in [0.29, 0.717) is 36.4 Å². The van der Waals surface area contributed by atoms with Gasteiger partial charge in [-0.2, -0.15) is 0 Å². The van der Waals surface area contributed by atoms with E-state index in [0.717, 1.165) is 18.4 Å². The number of fused-ring (bicyclic) bond motifs is 1. The Morgan fingerprint density at radius 3 is 2.12 bits per heavy atom. The second kappa shape index (κ2) is 13.3. The van der Waals surface area contributed by atoms with Crippen LogP contribution in [0.15, 0.2) is 74.8 Å². The van der Waals surface area contributed by atoms with Gasteiger partial charge in [0.2, 0.25) is 0 Å². The second-order valence-corrected chi connectivity index (χ2v) is 6.95. The smallest absolute Gasteiger partial charge is 0.261 e. The maximum absolute atomic E-state index is 12.4. The van der Waals surface area contributed by atoms with E-state index >= 15 is 0 Å². The summed E-state index contributed by atoms with van der Waals surface area (Å²) in [5.74, 6) is -0.0748. The average molecular weight is 456 g/mol. The zero-order chi connectivity index (χ0) is 24.2. The molecule has 33 heavy (non-hydrogen) atoms. The number of amides is 2. The van der Waals surface area contributed by atoms with Gasteiger partial charge in [-0.15, -0.1) is 26.3 Å². The number of imide groups is 1. The van der Waals surface area contributed by atoms with Gasteiger partial charge in [-0.1, -0.05) is 24.3 Å². The molecule has 2 atom stereocenters. The van der Waals surface area contributed by atoms with E-state index in [1.807, 2.05) is 0 Å². The molecule has 2 aromatic carbocycles. The fraction of sp³-hybridized carbons (Fsp3) is 0.280. The summed E-state index contributed by atoms with van der Waals surface area (Å²) in [7, 11) is 0. The van der Waals surface area contributed by atoms with Gasteiger partial charge in [-0.25, -0.2) is 5.26 Å². The Bertz CT molecular complexity index is 878. The summed E-state index contributed by atoms with van der Waals surface area (Å²) in [4.78, 5) is 30.5. The largest absolute Gasteiger partial charge is 0.346 e. The molecule has 2 amide bonds. The van der Waals surface area contributed by atoms with Crippen LogP contribution in [-0.2, 0) is 14.5 Å². The zero-order valence-electron chi connectivity index (χ0n) is 18.5. The molecule has 0 radical (unpaired) electrons. The Morgan fingerprint density at radius 1 is 0.939 bits per heavy atom. The molecule has 1 saturated heterocycles. The fourth-order valence-electron chi connectivity index (χ4n) is 3.58. The van der Waals surface area contributed by atoms with Crippen molar-refractivity contribution in [2.75, 3.05) is 13.2 Å². The first-order valence-corrected chi connectivity index (χ1v) is 10.5. The number of nitrogens with zero attached hydrogens (tertiary/aromatic N) is 1. The summed E-state index contributed by atoms with van der Waals surface area (Å²) in [5.41, 5.74) is 1.80. The van der Waals surface area contributed by atoms with Crippen molar-refractivity contribution < 1.29 is 34.2 Å². The van der Waals surface area contributed by atoms with Gasteiger partial charge in [0.05, 0.1) is 23.8 Å². The van der Waals surface area contributed by atoms with Crippen molar-refractivity contribution in [3.05, 3.63) is 91.5 Å². The summed E-state index contributed by atoms with van der Waals surface area (Å²) in [6.45, 7) is 12.9. The number of carbonyl (C=O) groups is 2. The van der Waals surface area contributed by atoms with Crippen LogP contribution in [0.25, 0.3) is 0 Å². The minimum absolute atomic E-state index is 0.0427. The molecule has 4 rings (SSSR count). The van der Waals surface area contributed by atoms with Crippen LogP contribution < -0.4 is 4.89 Å². The molecule has 2 unspecified atom stereocenters. The number of hydrogen-bond donors (Lipinski definition) is 1. The van der Waals surface area contributed by atoms with Crippen LogP contribution >= 0.6 is 0 Å². The molecule has 8 heteroatoms. The third-order valence-corrected chi connectivity index (χ3v) is 5.07. The van der Waals surface area contributed by atoms with Gasteiger partial charge in [0, 0.05) is 12.1 Å². The minimum atomic E-state index is -0.458. The number of ether oxygens (including phenoxy) is 2. The van der Waals surface area contributed by atoms with Crippen molar-refractivity contribution in [3.63, 3.8) is 0 Å². The number of hydrogen-bond acceptors (Lipinski definition) is 7. The molecule has 1 fully saturated rings. The quantitative estimate of drug-likeness (QED) is 0.198. The third kappa shape index (κ3) is 6.36. The lowest BCUT2D eigenvalue weighted by Gasteiger charge is -2.15. The first kappa shape index (κ1) is 26.0. The van der Waals surface area contributed by atoms with Crippen LogP contribution in [0.4, 0.5) is 0 Å². The molecule has 0 bridgehead atoms. The van der Waals surface area contributed by atoms with Crippen molar-refractivity contribution in [3.8, 4) is 5.75 Å². The van der Waals surface area contributed by atoms with Crippen molar-refractivity contribution in [1.29, 1.82) is 0 Å². The monoisotopic (exact) mass is 455 g/mol. The highest BCUT2D eigenvalue weighted by Gasteiger charge is 2.34. The number of carbonyl (C=O) groups excluding carboxylic acids is 2. The number of rotatable bonds is 8. The van der Waals surface area contributed by atoms with Gasteiger partial charge in [-0.3, -0.25) is 14.5 Å². The Balaban J connectivity index is 0.000000914. The maximum atomic E-state index is 12.4. The summed E-state index contributed by atoms with van der Waals surface area (Å²) in [6, 6.07) is 13.7. The summed E-state index contributed by atoms with van der Waals surface area (Å²) in [6.07, 6.45) is 1.80. The lowest BCUT2D eigenvalue weighted by Crippen LogP contribution is -2.30. The molecule has 0 saturated carbocycles. The Hall–Kier alpha value is -3.30. The fourth-order valence-corrected chi connectivity index (χ4v) is 3.58. The van der Waals surface area contributed by atoms with E-state index in [1.54, 1.807) is 48.5 Å². The van der Waals surface area contributed by atoms with Crippen molar-refractivity contribution >= 4 is 11.8 Å². The molecular weight excluding hydrogens is 426 g/mol. The molecule has 0 aliphatic carbocycles. The predicted octanol–water partition coefficient (Wildman–Crippen LogP) is 4.95. The predicted molar refractivity (Wildman–Crippen MR) is 123 cm³/mol. The lowest BCUT2D eigenvalue weighted by atomic mass is 10.1. The van der Waals surface area contributed by atoms with Crippen LogP contribution in [-0.4, -0.2) is 41.2 Å². The first-order valence-electron chi connectivity index (χ1n) is 10.5. The van der Waals surface area contributed by atoms with E-state index in [1.165, 1.54) is 4.90 Å². The van der Waals surface area contributed by atoms with Gasteiger partial charge < -0.3 is 14.4 Å². The molecule has 2 aliphatic heterocycles. The van der Waals surface area contributed by atoms with E-state index in [2.05, 4.69) is 36.2 Å².